The van der Waals surface area contributed by atoms with E-state index in [9.17, 15) is 9.59 Å². The van der Waals surface area contributed by atoms with Crippen LogP contribution in [-0.2, 0) is 11.3 Å². The SMILES string of the molecule is Cc1cc(Cl)c(C(C)C)cc1OC(=O)Cn1cnc2ccccc2c1=O. The second kappa shape index (κ2) is 7.30. The van der Waals surface area contributed by atoms with Crippen LogP contribution in [0, 0.1) is 6.92 Å². The molecule has 0 N–H and O–H groups in total. The summed E-state index contributed by atoms with van der Waals surface area (Å²) < 4.78 is 6.73. The maximum Gasteiger partial charge on any atom is 0.331 e. The highest BCUT2D eigenvalue weighted by Gasteiger charge is 2.14. The number of halogens is 1. The summed E-state index contributed by atoms with van der Waals surface area (Å²) in [6.07, 6.45) is 1.36. The Hall–Kier alpha value is -2.66. The summed E-state index contributed by atoms with van der Waals surface area (Å²) in [5.41, 5.74) is 1.99. The summed E-state index contributed by atoms with van der Waals surface area (Å²) in [5, 5.41) is 1.11. The van der Waals surface area contributed by atoms with Gasteiger partial charge in [0.1, 0.15) is 12.3 Å². The van der Waals surface area contributed by atoms with Crippen LogP contribution in [-0.4, -0.2) is 15.5 Å². The number of para-hydroxylation sites is 1. The zero-order chi connectivity index (χ0) is 18.8. The predicted molar refractivity (Wildman–Crippen MR) is 102 cm³/mol. The van der Waals surface area contributed by atoms with Gasteiger partial charge in [0.2, 0.25) is 0 Å². The summed E-state index contributed by atoms with van der Waals surface area (Å²) >= 11 is 6.24. The molecule has 6 heteroatoms. The molecule has 0 radical (unpaired) electrons. The number of carbonyl (C=O) groups is 1. The minimum Gasteiger partial charge on any atom is -0.425 e. The number of ether oxygens (including phenoxy) is 1. The molecule has 0 atom stereocenters. The van der Waals surface area contributed by atoms with E-state index < -0.39 is 5.97 Å². The Labute approximate surface area is 156 Å². The first-order valence-corrected chi connectivity index (χ1v) is 8.69. The fourth-order valence-electron chi connectivity index (χ4n) is 2.73. The van der Waals surface area contributed by atoms with Crippen molar-refractivity contribution < 1.29 is 9.53 Å². The predicted octanol–water partition coefficient (Wildman–Crippen LogP) is 4.09. The maximum atomic E-state index is 12.5. The van der Waals surface area contributed by atoms with Gasteiger partial charge in [-0.1, -0.05) is 37.6 Å². The van der Waals surface area contributed by atoms with Gasteiger partial charge in [-0.2, -0.15) is 0 Å². The fraction of sp³-hybridized carbons (Fsp3) is 0.250. The molecule has 1 heterocycles. The van der Waals surface area contributed by atoms with Crippen molar-refractivity contribution in [3.8, 4) is 5.75 Å². The lowest BCUT2D eigenvalue weighted by atomic mass is 10.0. The average Bonchev–Trinajstić information content (AvgIpc) is 2.59. The van der Waals surface area contributed by atoms with Crippen molar-refractivity contribution in [3.05, 3.63) is 69.2 Å². The lowest BCUT2D eigenvalue weighted by Gasteiger charge is -2.14. The number of esters is 1. The highest BCUT2D eigenvalue weighted by atomic mass is 35.5. The molecule has 0 aliphatic heterocycles. The normalized spacial score (nSPS) is 11.1. The minimum absolute atomic E-state index is 0.202. The van der Waals surface area contributed by atoms with Gasteiger partial charge in [0.25, 0.3) is 5.56 Å². The van der Waals surface area contributed by atoms with E-state index in [0.717, 1.165) is 11.1 Å². The number of fused-ring (bicyclic) bond motifs is 1. The standard InChI is InChI=1S/C20H19ClN2O3/c1-12(2)15-9-18(13(3)8-16(15)21)26-19(24)10-23-11-22-17-7-5-4-6-14(17)20(23)25/h4-9,11-12H,10H2,1-3H3. The van der Waals surface area contributed by atoms with Crippen LogP contribution < -0.4 is 10.3 Å². The molecule has 5 nitrogen and oxygen atoms in total. The molecule has 3 aromatic rings. The molecular formula is C20H19ClN2O3. The van der Waals surface area contributed by atoms with Gasteiger partial charge in [0, 0.05) is 5.02 Å². The average molecular weight is 371 g/mol. The van der Waals surface area contributed by atoms with Crippen LogP contribution in [0.25, 0.3) is 10.9 Å². The third-order valence-corrected chi connectivity index (χ3v) is 4.50. The summed E-state index contributed by atoms with van der Waals surface area (Å²) in [5.74, 6) is 0.113. The molecule has 0 bridgehead atoms. The van der Waals surface area contributed by atoms with E-state index in [1.54, 1.807) is 30.3 Å². The zero-order valence-electron chi connectivity index (χ0n) is 14.8. The van der Waals surface area contributed by atoms with E-state index in [2.05, 4.69) is 4.98 Å². The van der Waals surface area contributed by atoms with E-state index in [4.69, 9.17) is 16.3 Å². The highest BCUT2D eigenvalue weighted by Crippen LogP contribution is 2.31. The van der Waals surface area contributed by atoms with Crippen molar-refractivity contribution in [2.24, 2.45) is 0 Å². The van der Waals surface area contributed by atoms with E-state index in [1.807, 2.05) is 26.8 Å². The van der Waals surface area contributed by atoms with Crippen molar-refractivity contribution in [2.45, 2.75) is 33.2 Å². The van der Waals surface area contributed by atoms with Crippen molar-refractivity contribution in [2.75, 3.05) is 0 Å². The summed E-state index contributed by atoms with van der Waals surface area (Å²) in [4.78, 5) is 29.0. The molecule has 1 aromatic heterocycles. The number of nitrogens with zero attached hydrogens (tertiary/aromatic N) is 2. The van der Waals surface area contributed by atoms with Crippen LogP contribution >= 0.6 is 11.6 Å². The van der Waals surface area contributed by atoms with Crippen molar-refractivity contribution >= 4 is 28.5 Å². The van der Waals surface area contributed by atoms with Crippen molar-refractivity contribution in [1.29, 1.82) is 0 Å². The number of hydrogen-bond donors (Lipinski definition) is 0. The largest absolute Gasteiger partial charge is 0.425 e. The van der Waals surface area contributed by atoms with Gasteiger partial charge < -0.3 is 4.74 Å². The highest BCUT2D eigenvalue weighted by molar-refractivity contribution is 6.31. The third-order valence-electron chi connectivity index (χ3n) is 4.17. The molecule has 0 saturated heterocycles. The molecule has 2 aromatic carbocycles. The van der Waals surface area contributed by atoms with Crippen LogP contribution in [0.3, 0.4) is 0 Å². The van der Waals surface area contributed by atoms with Gasteiger partial charge in [-0.25, -0.2) is 9.78 Å². The third kappa shape index (κ3) is 3.63. The van der Waals surface area contributed by atoms with Crippen LogP contribution in [0.2, 0.25) is 5.02 Å². The lowest BCUT2D eigenvalue weighted by Crippen LogP contribution is -2.27. The van der Waals surface area contributed by atoms with Crippen LogP contribution in [0.4, 0.5) is 0 Å². The maximum absolute atomic E-state index is 12.5. The van der Waals surface area contributed by atoms with Gasteiger partial charge in [-0.05, 0) is 48.2 Å². The monoisotopic (exact) mass is 370 g/mol. The van der Waals surface area contributed by atoms with Crippen LogP contribution in [0.1, 0.15) is 30.9 Å². The molecule has 0 unspecified atom stereocenters. The molecule has 0 spiro atoms. The van der Waals surface area contributed by atoms with Gasteiger partial charge in [-0.3, -0.25) is 9.36 Å². The lowest BCUT2D eigenvalue weighted by molar-refractivity contribution is -0.135. The molecule has 0 amide bonds. The summed E-state index contributed by atoms with van der Waals surface area (Å²) in [7, 11) is 0. The Kier molecular flexibility index (Phi) is 5.09. The first-order chi connectivity index (χ1) is 12.4. The molecule has 0 aliphatic carbocycles. The second-order valence-corrected chi connectivity index (χ2v) is 6.87. The zero-order valence-corrected chi connectivity index (χ0v) is 15.6. The minimum atomic E-state index is -0.538. The number of aryl methyl sites for hydroxylation is 1. The van der Waals surface area contributed by atoms with Gasteiger partial charge in [-0.15, -0.1) is 0 Å². The second-order valence-electron chi connectivity index (χ2n) is 6.46. The topological polar surface area (TPSA) is 61.2 Å². The Morgan fingerprint density at radius 1 is 1.27 bits per heavy atom. The molecule has 0 aliphatic rings. The first-order valence-electron chi connectivity index (χ1n) is 8.31. The number of carbonyl (C=O) groups excluding carboxylic acids is 1. The molecule has 26 heavy (non-hydrogen) atoms. The number of hydrogen-bond acceptors (Lipinski definition) is 4. The van der Waals surface area contributed by atoms with E-state index in [0.29, 0.717) is 21.7 Å². The van der Waals surface area contributed by atoms with Gasteiger partial charge in [0.05, 0.1) is 17.2 Å². The van der Waals surface area contributed by atoms with Crippen LogP contribution in [0.5, 0.6) is 5.75 Å². The fourth-order valence-corrected chi connectivity index (χ4v) is 3.17. The van der Waals surface area contributed by atoms with Crippen molar-refractivity contribution in [1.82, 2.24) is 9.55 Å². The number of benzene rings is 2. The van der Waals surface area contributed by atoms with Crippen molar-refractivity contribution in [3.63, 3.8) is 0 Å². The van der Waals surface area contributed by atoms with E-state index >= 15 is 0 Å². The Balaban J connectivity index is 1.85. The van der Waals surface area contributed by atoms with E-state index in [1.165, 1.54) is 10.9 Å². The Morgan fingerprint density at radius 3 is 2.73 bits per heavy atom. The molecular weight excluding hydrogens is 352 g/mol. The Bertz CT molecular complexity index is 1040. The Morgan fingerprint density at radius 2 is 2.00 bits per heavy atom. The van der Waals surface area contributed by atoms with E-state index in [-0.39, 0.29) is 18.0 Å². The quantitative estimate of drug-likeness (QED) is 0.512. The van der Waals surface area contributed by atoms with Crippen LogP contribution in [0.15, 0.2) is 47.5 Å². The smallest absolute Gasteiger partial charge is 0.331 e. The molecule has 3 rings (SSSR count). The first kappa shape index (κ1) is 18.1. The summed E-state index contributed by atoms with van der Waals surface area (Å²) in [6.45, 7) is 5.64. The molecule has 134 valence electrons. The molecule has 0 saturated carbocycles. The van der Waals surface area contributed by atoms with Gasteiger partial charge in [0.15, 0.2) is 0 Å². The number of rotatable bonds is 4. The summed E-state index contributed by atoms with van der Waals surface area (Å²) in [6, 6.07) is 10.6. The number of aromatic nitrogens is 2. The molecule has 0 fully saturated rings. The van der Waals surface area contributed by atoms with Gasteiger partial charge >= 0.3 is 5.97 Å².